The molecule has 1 N–H and O–H groups in total. The molecule has 0 fully saturated rings. The average molecular weight is 391 g/mol. The normalized spacial score (nSPS) is 10.9. The van der Waals surface area contributed by atoms with Gasteiger partial charge in [-0.25, -0.2) is 0 Å². The third kappa shape index (κ3) is 6.57. The van der Waals surface area contributed by atoms with Crippen LogP contribution in [0.3, 0.4) is 0 Å². The van der Waals surface area contributed by atoms with Gasteiger partial charge in [0.25, 0.3) is 0 Å². The second kappa shape index (κ2) is 10.9. The zero-order valence-electron chi connectivity index (χ0n) is 15.8. The number of para-hydroxylation sites is 1. The van der Waals surface area contributed by atoms with Crippen molar-refractivity contribution in [3.05, 3.63) is 59.7 Å². The molecule has 0 aromatic heterocycles. The number of hydrogen-bond acceptors (Lipinski definition) is 4. The average Bonchev–Trinajstić information content (AvgIpc) is 2.67. The predicted molar refractivity (Wildman–Crippen MR) is 103 cm³/mol. The fourth-order valence-electron chi connectivity index (χ4n) is 2.52. The lowest BCUT2D eigenvalue weighted by molar-refractivity contribution is -0.116. The van der Waals surface area contributed by atoms with E-state index in [-0.39, 0.29) is 17.4 Å². The smallest absolute Gasteiger partial charge is 0.387 e. The highest BCUT2D eigenvalue weighted by Crippen LogP contribution is 2.29. The maximum absolute atomic E-state index is 12.5. The number of ether oxygens (including phenoxy) is 3. The lowest BCUT2D eigenvalue weighted by Crippen LogP contribution is -2.23. The summed E-state index contributed by atoms with van der Waals surface area (Å²) in [5.74, 6) is 0.639. The fraction of sp³-hybridized carbons (Fsp3) is 0.286. The monoisotopic (exact) mass is 391 g/mol. The van der Waals surface area contributed by atoms with Crippen molar-refractivity contribution in [2.75, 3.05) is 20.3 Å². The van der Waals surface area contributed by atoms with E-state index in [0.29, 0.717) is 25.3 Å². The number of carbonyl (C=O) groups is 1. The number of carbonyl (C=O) groups excluding carboxylic acids is 1. The summed E-state index contributed by atoms with van der Waals surface area (Å²) < 4.78 is 39.9. The second-order valence-electron chi connectivity index (χ2n) is 5.71. The Kier molecular flexibility index (Phi) is 8.27. The molecule has 0 aliphatic heterocycles. The molecule has 1 amide bonds. The van der Waals surface area contributed by atoms with Gasteiger partial charge < -0.3 is 19.5 Å². The van der Waals surface area contributed by atoms with E-state index in [1.54, 1.807) is 18.2 Å². The van der Waals surface area contributed by atoms with Crippen LogP contribution in [0.1, 0.15) is 18.1 Å². The van der Waals surface area contributed by atoms with Crippen molar-refractivity contribution in [2.24, 2.45) is 0 Å². The molecule has 0 atom stereocenters. The zero-order valence-corrected chi connectivity index (χ0v) is 15.8. The van der Waals surface area contributed by atoms with Gasteiger partial charge in [-0.05, 0) is 43.2 Å². The Labute approximate surface area is 162 Å². The molecule has 0 radical (unpaired) electrons. The van der Waals surface area contributed by atoms with Gasteiger partial charge in [-0.2, -0.15) is 8.78 Å². The number of alkyl halides is 2. The van der Waals surface area contributed by atoms with Gasteiger partial charge in [0.2, 0.25) is 5.91 Å². The number of methoxy groups -OCH3 is 1. The molecule has 7 heteroatoms. The van der Waals surface area contributed by atoms with E-state index in [1.807, 2.05) is 31.2 Å². The standard InChI is InChI=1S/C21H23F2NO4/c1-3-27-17-7-5-4-6-16(17)9-11-20(25)24-13-12-15-8-10-18(26-2)19(14-15)28-21(22)23/h4-11,14,21H,3,12-13H2,1-2H3,(H,24,25)/b11-9+. The summed E-state index contributed by atoms with van der Waals surface area (Å²) in [5.41, 5.74) is 1.55. The fourth-order valence-corrected chi connectivity index (χ4v) is 2.52. The Bertz CT molecular complexity index is 809. The molecule has 2 aromatic rings. The van der Waals surface area contributed by atoms with Crippen molar-refractivity contribution in [1.29, 1.82) is 0 Å². The SMILES string of the molecule is CCOc1ccccc1/C=C/C(=O)NCCc1ccc(OC)c(OC(F)F)c1. The number of halogens is 2. The molecule has 0 unspecified atom stereocenters. The van der Waals surface area contributed by atoms with Gasteiger partial charge in [0.05, 0.1) is 13.7 Å². The summed E-state index contributed by atoms with van der Waals surface area (Å²) in [6.45, 7) is -0.162. The van der Waals surface area contributed by atoms with E-state index >= 15 is 0 Å². The van der Waals surface area contributed by atoms with Crippen molar-refractivity contribution in [2.45, 2.75) is 20.0 Å². The van der Waals surface area contributed by atoms with Crippen molar-refractivity contribution in [3.8, 4) is 17.2 Å². The number of benzene rings is 2. The maximum atomic E-state index is 12.5. The molecule has 0 saturated heterocycles. The molecular weight excluding hydrogens is 368 g/mol. The highest BCUT2D eigenvalue weighted by molar-refractivity contribution is 5.92. The van der Waals surface area contributed by atoms with Crippen LogP contribution in [-0.4, -0.2) is 32.8 Å². The van der Waals surface area contributed by atoms with Crippen molar-refractivity contribution in [3.63, 3.8) is 0 Å². The molecule has 0 aliphatic carbocycles. The Morgan fingerprint density at radius 1 is 1.14 bits per heavy atom. The van der Waals surface area contributed by atoms with Crippen LogP contribution in [0.15, 0.2) is 48.5 Å². The first-order valence-corrected chi connectivity index (χ1v) is 8.83. The molecular formula is C21H23F2NO4. The Hall–Kier alpha value is -3.09. The van der Waals surface area contributed by atoms with Crippen LogP contribution in [0.5, 0.6) is 17.2 Å². The largest absolute Gasteiger partial charge is 0.493 e. The third-order valence-corrected chi connectivity index (χ3v) is 3.79. The molecule has 0 saturated carbocycles. The summed E-state index contributed by atoms with van der Waals surface area (Å²) in [6.07, 6.45) is 3.57. The number of nitrogens with one attached hydrogen (secondary N) is 1. The number of amides is 1. The molecule has 0 aliphatic rings. The predicted octanol–water partition coefficient (Wildman–Crippen LogP) is 4.07. The molecule has 2 rings (SSSR count). The quantitative estimate of drug-likeness (QED) is 0.621. The van der Waals surface area contributed by atoms with Crippen molar-refractivity contribution >= 4 is 12.0 Å². The molecule has 2 aromatic carbocycles. The highest BCUT2D eigenvalue weighted by atomic mass is 19.3. The first kappa shape index (κ1) is 21.2. The first-order chi connectivity index (χ1) is 13.5. The Morgan fingerprint density at radius 2 is 1.93 bits per heavy atom. The van der Waals surface area contributed by atoms with Crippen molar-refractivity contribution < 1.29 is 27.8 Å². The summed E-state index contributed by atoms with van der Waals surface area (Å²) in [4.78, 5) is 12.0. The van der Waals surface area contributed by atoms with Crippen LogP contribution in [0.4, 0.5) is 8.78 Å². The highest BCUT2D eigenvalue weighted by Gasteiger charge is 2.11. The topological polar surface area (TPSA) is 56.8 Å². The molecule has 0 heterocycles. The first-order valence-electron chi connectivity index (χ1n) is 8.83. The number of rotatable bonds is 10. The van der Waals surface area contributed by atoms with E-state index in [2.05, 4.69) is 10.1 Å². The minimum atomic E-state index is -2.94. The molecule has 5 nitrogen and oxygen atoms in total. The zero-order chi connectivity index (χ0) is 20.4. The van der Waals surface area contributed by atoms with Crippen LogP contribution in [0.2, 0.25) is 0 Å². The van der Waals surface area contributed by atoms with Crippen LogP contribution in [-0.2, 0) is 11.2 Å². The maximum Gasteiger partial charge on any atom is 0.387 e. The second-order valence-corrected chi connectivity index (χ2v) is 5.71. The van der Waals surface area contributed by atoms with Gasteiger partial charge in [-0.3, -0.25) is 4.79 Å². The van der Waals surface area contributed by atoms with Crippen LogP contribution in [0, 0.1) is 0 Å². The van der Waals surface area contributed by atoms with E-state index in [4.69, 9.17) is 9.47 Å². The van der Waals surface area contributed by atoms with Gasteiger partial charge in [-0.15, -0.1) is 0 Å². The van der Waals surface area contributed by atoms with E-state index < -0.39 is 6.61 Å². The minimum absolute atomic E-state index is 0.0336. The Morgan fingerprint density at radius 3 is 2.64 bits per heavy atom. The number of hydrogen-bond donors (Lipinski definition) is 1. The van der Waals surface area contributed by atoms with Gasteiger partial charge in [0.15, 0.2) is 11.5 Å². The molecule has 28 heavy (non-hydrogen) atoms. The Balaban J connectivity index is 1.90. The summed E-state index contributed by atoms with van der Waals surface area (Å²) >= 11 is 0. The van der Waals surface area contributed by atoms with Crippen LogP contribution in [0.25, 0.3) is 6.08 Å². The summed E-state index contributed by atoms with van der Waals surface area (Å²) in [5, 5.41) is 2.75. The van der Waals surface area contributed by atoms with Crippen LogP contribution >= 0.6 is 0 Å². The van der Waals surface area contributed by atoms with E-state index in [9.17, 15) is 13.6 Å². The lowest BCUT2D eigenvalue weighted by atomic mass is 10.1. The third-order valence-electron chi connectivity index (χ3n) is 3.79. The van der Waals surface area contributed by atoms with Crippen molar-refractivity contribution in [1.82, 2.24) is 5.32 Å². The minimum Gasteiger partial charge on any atom is -0.493 e. The summed E-state index contributed by atoms with van der Waals surface area (Å²) in [7, 11) is 1.38. The van der Waals surface area contributed by atoms with Gasteiger partial charge >= 0.3 is 6.61 Å². The van der Waals surface area contributed by atoms with E-state index in [1.165, 1.54) is 19.3 Å². The molecule has 0 spiro atoms. The van der Waals surface area contributed by atoms with Gasteiger partial charge in [0, 0.05) is 18.2 Å². The summed E-state index contributed by atoms with van der Waals surface area (Å²) in [6, 6.07) is 12.2. The lowest BCUT2D eigenvalue weighted by Gasteiger charge is -2.11. The van der Waals surface area contributed by atoms with Gasteiger partial charge in [-0.1, -0.05) is 24.3 Å². The van der Waals surface area contributed by atoms with Crippen LogP contribution < -0.4 is 19.5 Å². The van der Waals surface area contributed by atoms with E-state index in [0.717, 1.165) is 11.1 Å². The van der Waals surface area contributed by atoms with Gasteiger partial charge in [0.1, 0.15) is 5.75 Å². The molecule has 0 bridgehead atoms. The molecule has 150 valence electrons.